The van der Waals surface area contributed by atoms with Crippen molar-refractivity contribution >= 4 is 18.0 Å². The average Bonchev–Trinajstić information content (AvgIpc) is 2.92. The van der Waals surface area contributed by atoms with Crippen LogP contribution < -0.4 is 0 Å². The number of hydrogen-bond donors (Lipinski definition) is 0. The molecule has 172 valence electrons. The molecular weight excluding hydrogens is 400 g/mol. The Kier molecular flexibility index (Phi) is 10.6. The molecule has 0 atom stereocenters. The highest BCUT2D eigenvalue weighted by Gasteiger charge is 2.24. The van der Waals surface area contributed by atoms with Crippen LogP contribution in [0.4, 0.5) is 0 Å². The molecule has 1 amide bonds. The smallest absolute Gasteiger partial charge is 0.261 e. The van der Waals surface area contributed by atoms with Gasteiger partial charge in [0.2, 0.25) is 0 Å². The second-order valence-corrected chi connectivity index (χ2v) is 7.65. The topological polar surface area (TPSA) is 57.5 Å². The van der Waals surface area contributed by atoms with Crippen LogP contribution in [0.15, 0.2) is 81.9 Å². The number of allylic oxidation sites excluding steroid dienone is 5. The molecule has 0 saturated heterocycles. The summed E-state index contributed by atoms with van der Waals surface area (Å²) in [6.07, 6.45) is 17.6. The summed E-state index contributed by atoms with van der Waals surface area (Å²) in [7, 11) is 1.79. The van der Waals surface area contributed by atoms with Gasteiger partial charge in [-0.15, -0.1) is 0 Å². The van der Waals surface area contributed by atoms with Gasteiger partial charge in [0.15, 0.2) is 0 Å². The van der Waals surface area contributed by atoms with E-state index in [4.69, 9.17) is 4.74 Å². The van der Waals surface area contributed by atoms with E-state index in [2.05, 4.69) is 27.5 Å². The number of rotatable bonds is 9. The Morgan fingerprint density at radius 2 is 2.03 bits per heavy atom. The van der Waals surface area contributed by atoms with E-state index in [0.29, 0.717) is 17.9 Å². The molecule has 0 unspecified atom stereocenters. The van der Waals surface area contributed by atoms with E-state index in [9.17, 15) is 4.79 Å². The van der Waals surface area contributed by atoms with E-state index >= 15 is 0 Å². The first-order valence-corrected chi connectivity index (χ1v) is 11.2. The molecule has 0 spiro atoms. The van der Waals surface area contributed by atoms with E-state index in [1.807, 2.05) is 39.0 Å². The molecule has 0 aromatic carbocycles. The van der Waals surface area contributed by atoms with Gasteiger partial charge in [0.1, 0.15) is 17.9 Å². The first kappa shape index (κ1) is 25.3. The minimum absolute atomic E-state index is 0.0420. The lowest BCUT2D eigenvalue weighted by Gasteiger charge is -2.27. The van der Waals surface area contributed by atoms with E-state index in [0.717, 1.165) is 50.4 Å². The monoisotopic (exact) mass is 436 g/mol. The molecule has 0 saturated carbocycles. The van der Waals surface area contributed by atoms with Gasteiger partial charge in [0, 0.05) is 32.9 Å². The largest absolute Gasteiger partial charge is 0.462 e. The van der Waals surface area contributed by atoms with Crippen molar-refractivity contribution in [3.8, 4) is 0 Å². The Morgan fingerprint density at radius 3 is 2.66 bits per heavy atom. The number of ether oxygens (including phenoxy) is 1. The van der Waals surface area contributed by atoms with Gasteiger partial charge in [-0.05, 0) is 70.4 Å². The fourth-order valence-corrected chi connectivity index (χ4v) is 3.65. The molecule has 2 aliphatic rings. The summed E-state index contributed by atoms with van der Waals surface area (Å²) in [6.45, 7) is 13.1. The van der Waals surface area contributed by atoms with Gasteiger partial charge in [0.25, 0.3) is 5.91 Å². The Morgan fingerprint density at radius 1 is 1.25 bits per heavy atom. The highest BCUT2D eigenvalue weighted by molar-refractivity contribution is 6.03. The lowest BCUT2D eigenvalue weighted by Crippen LogP contribution is -2.33. The Bertz CT molecular complexity index is 888. The van der Waals surface area contributed by atoms with Gasteiger partial charge >= 0.3 is 0 Å². The molecular formula is C26H36N4O2. The van der Waals surface area contributed by atoms with Crippen molar-refractivity contribution in [3.05, 3.63) is 71.9 Å². The van der Waals surface area contributed by atoms with Gasteiger partial charge in [-0.25, -0.2) is 4.99 Å². The lowest BCUT2D eigenvalue weighted by atomic mass is 10.1. The summed E-state index contributed by atoms with van der Waals surface area (Å²) in [6, 6.07) is 0. The minimum atomic E-state index is -0.0420. The summed E-state index contributed by atoms with van der Waals surface area (Å²) in [5, 5.41) is 0. The molecule has 0 aromatic heterocycles. The van der Waals surface area contributed by atoms with Crippen LogP contribution in [0.2, 0.25) is 0 Å². The number of amidine groups is 1. The van der Waals surface area contributed by atoms with Crippen molar-refractivity contribution in [1.82, 2.24) is 9.80 Å². The Balaban J connectivity index is 1.87. The number of amides is 1. The molecule has 6 nitrogen and oxygen atoms in total. The SMILES string of the molecule is C=CC1=C(/C=C\C)C(=O)N(CCCCN2CC=C(C(N=C/C=C/C)=NC)CC2)C(C)=CO1. The summed E-state index contributed by atoms with van der Waals surface area (Å²) < 4.78 is 5.65. The second-order valence-electron chi connectivity index (χ2n) is 7.65. The van der Waals surface area contributed by atoms with Gasteiger partial charge in [-0.2, -0.15) is 0 Å². The van der Waals surface area contributed by atoms with Crippen LogP contribution in [0.1, 0.15) is 40.0 Å². The number of hydrogen-bond acceptors (Lipinski definition) is 4. The molecule has 0 fully saturated rings. The maximum Gasteiger partial charge on any atom is 0.261 e. The number of carbonyl (C=O) groups excluding carboxylic acids is 1. The first-order chi connectivity index (χ1) is 15.5. The van der Waals surface area contributed by atoms with Crippen LogP contribution in [0, 0.1) is 0 Å². The molecule has 2 rings (SSSR count). The van der Waals surface area contributed by atoms with Crippen LogP contribution in [0.5, 0.6) is 0 Å². The lowest BCUT2D eigenvalue weighted by molar-refractivity contribution is -0.125. The van der Waals surface area contributed by atoms with Crippen molar-refractivity contribution in [1.29, 1.82) is 0 Å². The summed E-state index contributed by atoms with van der Waals surface area (Å²) in [5.41, 5.74) is 2.56. The van der Waals surface area contributed by atoms with Crippen molar-refractivity contribution in [2.24, 2.45) is 9.98 Å². The molecule has 2 aliphatic heterocycles. The van der Waals surface area contributed by atoms with E-state index in [1.54, 1.807) is 36.6 Å². The molecule has 0 aliphatic carbocycles. The molecule has 2 heterocycles. The fourth-order valence-electron chi connectivity index (χ4n) is 3.65. The normalized spacial score (nSPS) is 19.1. The standard InChI is InChI=1S/C26H36N4O2/c1-6-9-15-28-25(27-5)22-13-18-29(19-14-22)16-10-11-17-30-21(4)20-32-24(8-3)23(12-7-2)26(30)31/h6-9,12-13,15,20H,3,10-11,14,16-19H2,1-2,4-5H3/b9-6+,12-7-,27-25?,28-15?. The van der Waals surface area contributed by atoms with Crippen LogP contribution in [0.25, 0.3) is 0 Å². The number of unbranched alkanes of at least 4 members (excludes halogenated alkanes) is 1. The van der Waals surface area contributed by atoms with Crippen LogP contribution >= 0.6 is 0 Å². The van der Waals surface area contributed by atoms with Crippen LogP contribution in [0.3, 0.4) is 0 Å². The Hall–Kier alpha value is -2.99. The highest BCUT2D eigenvalue weighted by atomic mass is 16.5. The zero-order chi connectivity index (χ0) is 23.3. The number of aliphatic imine (C=N–C) groups is 2. The minimum Gasteiger partial charge on any atom is -0.462 e. The summed E-state index contributed by atoms with van der Waals surface area (Å²) >= 11 is 0. The van der Waals surface area contributed by atoms with Gasteiger partial charge < -0.3 is 9.64 Å². The molecule has 32 heavy (non-hydrogen) atoms. The van der Waals surface area contributed by atoms with Crippen molar-refractivity contribution in [2.45, 2.75) is 40.0 Å². The van der Waals surface area contributed by atoms with Gasteiger partial charge in [0.05, 0.1) is 11.3 Å². The van der Waals surface area contributed by atoms with Crippen LogP contribution in [-0.4, -0.2) is 61.0 Å². The van der Waals surface area contributed by atoms with Crippen molar-refractivity contribution < 1.29 is 9.53 Å². The van der Waals surface area contributed by atoms with Crippen molar-refractivity contribution in [3.63, 3.8) is 0 Å². The Labute approximate surface area is 192 Å². The number of carbonyl (C=O) groups is 1. The van der Waals surface area contributed by atoms with Gasteiger partial charge in [-0.1, -0.05) is 24.8 Å². The van der Waals surface area contributed by atoms with Gasteiger partial charge in [-0.3, -0.25) is 14.7 Å². The van der Waals surface area contributed by atoms with Crippen LogP contribution in [-0.2, 0) is 9.53 Å². The number of nitrogens with zero attached hydrogens (tertiary/aromatic N) is 4. The fraction of sp³-hybridized carbons (Fsp3) is 0.423. The van der Waals surface area contributed by atoms with E-state index < -0.39 is 0 Å². The van der Waals surface area contributed by atoms with E-state index in [1.165, 1.54) is 5.57 Å². The molecule has 6 heteroatoms. The molecule has 0 aromatic rings. The quantitative estimate of drug-likeness (QED) is 0.296. The van der Waals surface area contributed by atoms with Crippen molar-refractivity contribution in [2.75, 3.05) is 33.2 Å². The molecule has 0 N–H and O–H groups in total. The average molecular weight is 437 g/mol. The molecule has 0 radical (unpaired) electrons. The van der Waals surface area contributed by atoms with E-state index in [-0.39, 0.29) is 5.91 Å². The zero-order valence-corrected chi connectivity index (χ0v) is 19.9. The third-order valence-electron chi connectivity index (χ3n) is 5.42. The highest BCUT2D eigenvalue weighted by Crippen LogP contribution is 2.22. The summed E-state index contributed by atoms with van der Waals surface area (Å²) in [5.74, 6) is 1.27. The predicted molar refractivity (Wildman–Crippen MR) is 134 cm³/mol. The first-order valence-electron chi connectivity index (χ1n) is 11.2. The summed E-state index contributed by atoms with van der Waals surface area (Å²) in [4.78, 5) is 26.0. The second kappa shape index (κ2) is 13.4. The molecule has 0 bridgehead atoms. The maximum absolute atomic E-state index is 13.0. The zero-order valence-electron chi connectivity index (χ0n) is 19.9. The predicted octanol–water partition coefficient (Wildman–Crippen LogP) is 4.81. The third-order valence-corrected chi connectivity index (χ3v) is 5.42. The maximum atomic E-state index is 13.0. The third kappa shape index (κ3) is 7.02.